The number of hydrogen-bond donors (Lipinski definition) is 1. The topological polar surface area (TPSA) is 97.4 Å². The average molecular weight is 979 g/mol. The van der Waals surface area contributed by atoms with Gasteiger partial charge in [0.25, 0.3) is 0 Å². The molecule has 0 aliphatic carbocycles. The first kappa shape index (κ1) is 67.1. The minimum absolute atomic E-state index is 0.0351. The Balaban J connectivity index is 4.87. The van der Waals surface area contributed by atoms with E-state index in [0.717, 1.165) is 71.1 Å². The lowest BCUT2D eigenvalue weighted by atomic mass is 9.94. The molecule has 9 nitrogen and oxygen atoms in total. The number of hydrogen-bond acceptors (Lipinski definition) is 8. The second-order valence-electron chi connectivity index (χ2n) is 21.4. The van der Waals surface area contributed by atoms with E-state index >= 15 is 0 Å². The number of unbranched alkanes of at least 4 members (excludes halogenated alkanes) is 28. The van der Waals surface area contributed by atoms with Crippen LogP contribution in [0.3, 0.4) is 0 Å². The van der Waals surface area contributed by atoms with E-state index < -0.39 is 0 Å². The molecule has 0 saturated carbocycles. The zero-order chi connectivity index (χ0) is 50.5. The zero-order valence-corrected chi connectivity index (χ0v) is 47.1. The van der Waals surface area contributed by atoms with Gasteiger partial charge in [0, 0.05) is 32.5 Å². The number of carbonyl (C=O) groups excluding carboxylic acids is 3. The third-order valence-electron chi connectivity index (χ3n) is 14.2. The Morgan fingerprint density at radius 3 is 1.04 bits per heavy atom. The Bertz CT molecular complexity index is 1030. The Labute approximate surface area is 429 Å². The van der Waals surface area contributed by atoms with Gasteiger partial charge in [0.15, 0.2) is 0 Å². The number of ether oxygens (including phenoxy) is 3. The summed E-state index contributed by atoms with van der Waals surface area (Å²) < 4.78 is 17.3. The van der Waals surface area contributed by atoms with Gasteiger partial charge in [-0.15, -0.1) is 0 Å². The summed E-state index contributed by atoms with van der Waals surface area (Å²) >= 11 is 0. The lowest BCUT2D eigenvalue weighted by Crippen LogP contribution is -2.32. The van der Waals surface area contributed by atoms with Crippen molar-refractivity contribution in [2.24, 2.45) is 11.8 Å². The molecule has 2 atom stereocenters. The lowest BCUT2D eigenvalue weighted by Gasteiger charge is -2.22. The maximum absolute atomic E-state index is 12.9. The molecule has 0 fully saturated rings. The number of rotatable bonds is 55. The third kappa shape index (κ3) is 50.9. The summed E-state index contributed by atoms with van der Waals surface area (Å²) in [6.07, 6.45) is 48.8. The molecule has 1 amide bonds. The molecule has 0 aromatic rings. The van der Waals surface area contributed by atoms with Gasteiger partial charge in [0.2, 0.25) is 0 Å². The summed E-state index contributed by atoms with van der Waals surface area (Å²) in [5.74, 6) is 0.919. The lowest BCUT2D eigenvalue weighted by molar-refractivity contribution is -0.146. The number of carbonyl (C=O) groups is 3. The van der Waals surface area contributed by atoms with Gasteiger partial charge in [0.05, 0.1) is 19.8 Å². The molecule has 0 aromatic carbocycles. The summed E-state index contributed by atoms with van der Waals surface area (Å²) in [5.41, 5.74) is 0. The number of alkyl carbamates (subject to hydrolysis) is 1. The van der Waals surface area contributed by atoms with Gasteiger partial charge in [-0.1, -0.05) is 220 Å². The van der Waals surface area contributed by atoms with E-state index in [0.29, 0.717) is 51.0 Å². The molecule has 0 saturated heterocycles. The quantitative estimate of drug-likeness (QED) is 0.0366. The fourth-order valence-electron chi connectivity index (χ4n) is 9.53. The summed E-state index contributed by atoms with van der Waals surface area (Å²) in [7, 11) is 3.97. The molecular weight excluding hydrogens is 859 g/mol. The molecular formula is C60H119N3O6. The molecule has 9 heteroatoms. The molecule has 410 valence electrons. The Hall–Kier alpha value is -1.87. The minimum Gasteiger partial charge on any atom is -0.465 e. The highest BCUT2D eigenvalue weighted by Gasteiger charge is 2.15. The van der Waals surface area contributed by atoms with Crippen LogP contribution in [0.15, 0.2) is 0 Å². The monoisotopic (exact) mass is 978 g/mol. The van der Waals surface area contributed by atoms with Crippen LogP contribution in [-0.4, -0.2) is 94.5 Å². The van der Waals surface area contributed by atoms with Crippen molar-refractivity contribution >= 4 is 18.0 Å². The Kier molecular flexibility index (Phi) is 52.5. The number of amides is 1. The van der Waals surface area contributed by atoms with Crippen LogP contribution in [0.4, 0.5) is 4.79 Å². The van der Waals surface area contributed by atoms with E-state index in [4.69, 9.17) is 14.2 Å². The fraction of sp³-hybridized carbons (Fsp3) is 0.950. The van der Waals surface area contributed by atoms with E-state index in [1.165, 1.54) is 205 Å². The van der Waals surface area contributed by atoms with Gasteiger partial charge in [-0.25, -0.2) is 4.79 Å². The first-order valence-electron chi connectivity index (χ1n) is 30.3. The summed E-state index contributed by atoms with van der Waals surface area (Å²) in [6.45, 7) is 14.8. The normalized spacial score (nSPS) is 12.5. The van der Waals surface area contributed by atoms with Crippen LogP contribution in [0.2, 0.25) is 0 Å². The summed E-state index contributed by atoms with van der Waals surface area (Å²) in [4.78, 5) is 42.5. The van der Waals surface area contributed by atoms with Crippen molar-refractivity contribution in [3.8, 4) is 0 Å². The molecule has 2 unspecified atom stereocenters. The third-order valence-corrected chi connectivity index (χ3v) is 14.2. The van der Waals surface area contributed by atoms with Crippen LogP contribution in [0.25, 0.3) is 0 Å². The first-order valence-corrected chi connectivity index (χ1v) is 30.3. The molecule has 1 N–H and O–H groups in total. The van der Waals surface area contributed by atoms with Gasteiger partial charge in [-0.2, -0.15) is 0 Å². The van der Waals surface area contributed by atoms with Crippen LogP contribution in [0.5, 0.6) is 0 Å². The number of nitrogens with one attached hydrogen (secondary N) is 1. The van der Waals surface area contributed by atoms with Crippen molar-refractivity contribution in [2.75, 3.05) is 66.6 Å². The highest BCUT2D eigenvalue weighted by molar-refractivity contribution is 5.69. The van der Waals surface area contributed by atoms with Gasteiger partial charge in [-0.05, 0) is 96.8 Å². The maximum Gasteiger partial charge on any atom is 0.407 e. The molecule has 0 rings (SSSR count). The maximum atomic E-state index is 12.9. The van der Waals surface area contributed by atoms with Crippen LogP contribution < -0.4 is 5.32 Å². The van der Waals surface area contributed by atoms with Crippen LogP contribution in [-0.2, 0) is 23.8 Å². The van der Waals surface area contributed by atoms with Gasteiger partial charge < -0.3 is 29.3 Å². The molecule has 0 aromatic heterocycles. The van der Waals surface area contributed by atoms with Crippen molar-refractivity contribution in [1.82, 2.24) is 15.1 Å². The molecule has 0 aliphatic heterocycles. The smallest absolute Gasteiger partial charge is 0.407 e. The van der Waals surface area contributed by atoms with E-state index in [1.807, 2.05) is 19.0 Å². The number of nitrogens with zero attached hydrogens (tertiary/aromatic N) is 2. The molecule has 0 heterocycles. The second-order valence-corrected chi connectivity index (χ2v) is 21.4. The van der Waals surface area contributed by atoms with E-state index in [2.05, 4.69) is 37.9 Å². The highest BCUT2D eigenvalue weighted by Crippen LogP contribution is 2.22. The molecule has 0 radical (unpaired) electrons. The predicted octanol–water partition coefficient (Wildman–Crippen LogP) is 17.0. The van der Waals surface area contributed by atoms with Gasteiger partial charge >= 0.3 is 18.0 Å². The minimum atomic E-state index is -0.356. The molecule has 69 heavy (non-hydrogen) atoms. The van der Waals surface area contributed by atoms with Crippen molar-refractivity contribution < 1.29 is 28.6 Å². The SMILES string of the molecule is CCCCCCCCCCC(CCCCCCCC)COC(=O)CCCCCN(CCCCCC(=O)OCC(CCCCCCCC)CCCCCCCCCC)CCCOC(=O)NCCN(C)C. The van der Waals surface area contributed by atoms with Crippen molar-refractivity contribution in [3.05, 3.63) is 0 Å². The zero-order valence-electron chi connectivity index (χ0n) is 47.1. The fourth-order valence-corrected chi connectivity index (χ4v) is 9.53. The second kappa shape index (κ2) is 53.9. The molecule has 0 bridgehead atoms. The van der Waals surface area contributed by atoms with Crippen LogP contribution in [0.1, 0.15) is 291 Å². The van der Waals surface area contributed by atoms with Crippen molar-refractivity contribution in [3.63, 3.8) is 0 Å². The summed E-state index contributed by atoms with van der Waals surface area (Å²) in [5, 5.41) is 2.83. The standard InChI is InChI=1S/C60H119N3O6/c1-7-11-15-19-23-25-29-35-44-56(42-33-27-21-17-13-9-3)54-68-58(64)46-37-31-39-49-63(51-41-53-67-60(66)61-48-52-62(5)6)50-40-32-38-47-59(65)69-55-57(43-34-28-22-18-14-10-4)45-36-30-26-24-20-16-12-8-2/h56-57H,7-55H2,1-6H3,(H,61,66). The number of esters is 2. The molecule has 0 spiro atoms. The van der Waals surface area contributed by atoms with Crippen LogP contribution in [0, 0.1) is 11.8 Å². The van der Waals surface area contributed by atoms with Crippen molar-refractivity contribution in [1.29, 1.82) is 0 Å². The van der Waals surface area contributed by atoms with Crippen LogP contribution >= 0.6 is 0 Å². The molecule has 0 aliphatic rings. The first-order chi connectivity index (χ1) is 33.7. The van der Waals surface area contributed by atoms with Gasteiger partial charge in [0.1, 0.15) is 0 Å². The van der Waals surface area contributed by atoms with Gasteiger partial charge in [-0.3, -0.25) is 9.59 Å². The predicted molar refractivity (Wildman–Crippen MR) is 295 cm³/mol. The average Bonchev–Trinajstić information content (AvgIpc) is 3.33. The Morgan fingerprint density at radius 1 is 0.377 bits per heavy atom. The Morgan fingerprint density at radius 2 is 0.696 bits per heavy atom. The number of likely N-dealkylation sites (N-methyl/N-ethyl adjacent to an activating group) is 1. The van der Waals surface area contributed by atoms with E-state index in [-0.39, 0.29) is 18.0 Å². The summed E-state index contributed by atoms with van der Waals surface area (Å²) in [6, 6.07) is 0. The highest BCUT2D eigenvalue weighted by atomic mass is 16.5. The van der Waals surface area contributed by atoms with Crippen molar-refractivity contribution in [2.45, 2.75) is 291 Å². The largest absolute Gasteiger partial charge is 0.465 e. The van der Waals surface area contributed by atoms with E-state index in [9.17, 15) is 14.4 Å². The van der Waals surface area contributed by atoms with E-state index in [1.54, 1.807) is 0 Å².